The van der Waals surface area contributed by atoms with Crippen molar-refractivity contribution in [3.8, 4) is 0 Å². The fourth-order valence-electron chi connectivity index (χ4n) is 3.11. The van der Waals surface area contributed by atoms with Crippen molar-refractivity contribution in [3.63, 3.8) is 0 Å². The first-order valence-corrected chi connectivity index (χ1v) is 9.24. The minimum absolute atomic E-state index is 0. The lowest BCUT2D eigenvalue weighted by Gasteiger charge is -2.26. The van der Waals surface area contributed by atoms with Gasteiger partial charge in [0, 0.05) is 46.5 Å². The molecule has 0 saturated carbocycles. The molecule has 2 rings (SSSR count). The summed E-state index contributed by atoms with van der Waals surface area (Å²) in [5.74, 6) is 0.896. The van der Waals surface area contributed by atoms with Crippen molar-refractivity contribution in [1.82, 2.24) is 15.5 Å². The zero-order valence-corrected chi connectivity index (χ0v) is 17.4. The predicted molar refractivity (Wildman–Crippen MR) is 109 cm³/mol. The van der Waals surface area contributed by atoms with E-state index < -0.39 is 0 Å². The van der Waals surface area contributed by atoms with Crippen LogP contribution in [0.5, 0.6) is 0 Å². The zero-order chi connectivity index (χ0) is 16.2. The second kappa shape index (κ2) is 14.1. The van der Waals surface area contributed by atoms with Crippen LogP contribution in [0.15, 0.2) is 4.99 Å². The Morgan fingerprint density at radius 3 is 2.54 bits per heavy atom. The topological polar surface area (TPSA) is 58.1 Å². The van der Waals surface area contributed by atoms with Crippen molar-refractivity contribution in [2.24, 2.45) is 4.99 Å². The molecule has 0 aromatic carbocycles. The molecule has 2 fully saturated rings. The largest absolute Gasteiger partial charge is 0.381 e. The van der Waals surface area contributed by atoms with Crippen LogP contribution in [0.2, 0.25) is 0 Å². The summed E-state index contributed by atoms with van der Waals surface area (Å²) in [6.07, 6.45) is 7.55. The molecule has 142 valence electrons. The van der Waals surface area contributed by atoms with Gasteiger partial charge < -0.3 is 25.0 Å². The second-order valence-electron chi connectivity index (χ2n) is 6.36. The summed E-state index contributed by atoms with van der Waals surface area (Å²) in [5, 5.41) is 6.76. The first-order chi connectivity index (χ1) is 11.4. The van der Waals surface area contributed by atoms with E-state index in [0.717, 1.165) is 64.7 Å². The molecule has 0 unspecified atom stereocenters. The molecule has 2 aliphatic rings. The normalized spacial score (nSPS) is 20.5. The lowest BCUT2D eigenvalue weighted by molar-refractivity contribution is -0.0320. The fraction of sp³-hybridized carbons (Fsp3) is 0.941. The summed E-state index contributed by atoms with van der Waals surface area (Å²) in [4.78, 5) is 6.81. The summed E-state index contributed by atoms with van der Waals surface area (Å²) in [7, 11) is 1.83. The van der Waals surface area contributed by atoms with Crippen molar-refractivity contribution < 1.29 is 9.47 Å². The predicted octanol–water partition coefficient (Wildman–Crippen LogP) is 1.84. The van der Waals surface area contributed by atoms with Gasteiger partial charge >= 0.3 is 0 Å². The van der Waals surface area contributed by atoms with Crippen LogP contribution in [-0.4, -0.2) is 76.6 Å². The van der Waals surface area contributed by atoms with Gasteiger partial charge in [-0.05, 0) is 45.2 Å². The van der Waals surface area contributed by atoms with Gasteiger partial charge in [0.15, 0.2) is 5.96 Å². The zero-order valence-electron chi connectivity index (χ0n) is 15.1. The summed E-state index contributed by atoms with van der Waals surface area (Å²) >= 11 is 0. The Balaban J connectivity index is 0.00000288. The number of halogens is 1. The van der Waals surface area contributed by atoms with Crippen molar-refractivity contribution in [2.45, 2.75) is 44.6 Å². The van der Waals surface area contributed by atoms with Crippen LogP contribution in [0.1, 0.15) is 38.5 Å². The van der Waals surface area contributed by atoms with Gasteiger partial charge in [0.25, 0.3) is 0 Å². The van der Waals surface area contributed by atoms with Gasteiger partial charge in [0.1, 0.15) is 0 Å². The van der Waals surface area contributed by atoms with Crippen LogP contribution in [0, 0.1) is 0 Å². The maximum atomic E-state index is 5.87. The molecule has 7 heteroatoms. The number of rotatable bonds is 8. The quantitative estimate of drug-likeness (QED) is 0.254. The Hall–Kier alpha value is -0.120. The molecule has 0 spiro atoms. The molecule has 0 aliphatic carbocycles. The molecule has 0 aromatic heterocycles. The average molecular weight is 454 g/mol. The molecular weight excluding hydrogens is 419 g/mol. The van der Waals surface area contributed by atoms with Gasteiger partial charge in [-0.25, -0.2) is 0 Å². The molecule has 2 saturated heterocycles. The van der Waals surface area contributed by atoms with E-state index in [2.05, 4.69) is 20.5 Å². The van der Waals surface area contributed by atoms with Crippen molar-refractivity contribution >= 4 is 29.9 Å². The Morgan fingerprint density at radius 1 is 1.12 bits per heavy atom. The van der Waals surface area contributed by atoms with Gasteiger partial charge in [-0.1, -0.05) is 6.42 Å². The molecule has 0 aromatic rings. The summed E-state index contributed by atoms with van der Waals surface area (Å²) < 4.78 is 11.2. The maximum absolute atomic E-state index is 5.87. The third kappa shape index (κ3) is 9.39. The van der Waals surface area contributed by atoms with Crippen LogP contribution < -0.4 is 10.6 Å². The van der Waals surface area contributed by atoms with Crippen molar-refractivity contribution in [1.29, 1.82) is 0 Å². The van der Waals surface area contributed by atoms with E-state index in [1.807, 2.05) is 7.05 Å². The van der Waals surface area contributed by atoms with Crippen molar-refractivity contribution in [3.05, 3.63) is 0 Å². The molecule has 0 radical (unpaired) electrons. The molecule has 6 nitrogen and oxygen atoms in total. The Labute approximate surface area is 164 Å². The minimum atomic E-state index is 0. The molecule has 24 heavy (non-hydrogen) atoms. The van der Waals surface area contributed by atoms with Gasteiger partial charge in [0.05, 0.1) is 6.10 Å². The number of nitrogens with zero attached hydrogens (tertiary/aromatic N) is 2. The number of ether oxygens (including phenoxy) is 2. The minimum Gasteiger partial charge on any atom is -0.381 e. The SMILES string of the molecule is CN=C(NCCCOC1CCOCC1)NCCN1CCCCC1.I. The third-order valence-electron chi connectivity index (χ3n) is 4.53. The van der Waals surface area contributed by atoms with E-state index in [9.17, 15) is 0 Å². The monoisotopic (exact) mass is 454 g/mol. The molecule has 0 amide bonds. The number of guanidine groups is 1. The first kappa shape index (κ1) is 21.9. The molecule has 0 atom stereocenters. The maximum Gasteiger partial charge on any atom is 0.191 e. The lowest BCUT2D eigenvalue weighted by Crippen LogP contribution is -2.43. The Kier molecular flexibility index (Phi) is 12.9. The molecule has 2 heterocycles. The number of hydrogen-bond acceptors (Lipinski definition) is 4. The summed E-state index contributed by atoms with van der Waals surface area (Å²) in [5.41, 5.74) is 0. The first-order valence-electron chi connectivity index (χ1n) is 9.24. The highest BCUT2D eigenvalue weighted by Gasteiger charge is 2.13. The van der Waals surface area contributed by atoms with Crippen LogP contribution in [0.3, 0.4) is 0 Å². The standard InChI is InChI=1S/C17H34N4O2.HI/c1-18-17(20-9-12-21-10-3-2-4-11-21)19-8-5-13-23-16-6-14-22-15-7-16;/h16H,2-15H2,1H3,(H2,18,19,20);1H. The number of piperidine rings is 1. The highest BCUT2D eigenvalue weighted by molar-refractivity contribution is 14.0. The summed E-state index contributed by atoms with van der Waals surface area (Å²) in [6.45, 7) is 7.95. The van der Waals surface area contributed by atoms with Crippen LogP contribution in [0.4, 0.5) is 0 Å². The smallest absolute Gasteiger partial charge is 0.191 e. The lowest BCUT2D eigenvalue weighted by atomic mass is 10.1. The van der Waals surface area contributed by atoms with E-state index >= 15 is 0 Å². The molecular formula is C17H35IN4O2. The van der Waals surface area contributed by atoms with E-state index in [4.69, 9.17) is 9.47 Å². The highest BCUT2D eigenvalue weighted by atomic mass is 127. The number of likely N-dealkylation sites (tertiary alicyclic amines) is 1. The highest BCUT2D eigenvalue weighted by Crippen LogP contribution is 2.10. The van der Waals surface area contributed by atoms with Gasteiger partial charge in [-0.2, -0.15) is 0 Å². The number of hydrogen-bond donors (Lipinski definition) is 2. The number of nitrogens with one attached hydrogen (secondary N) is 2. The number of aliphatic imine (C=N–C) groups is 1. The van der Waals surface area contributed by atoms with E-state index in [1.54, 1.807) is 0 Å². The second-order valence-corrected chi connectivity index (χ2v) is 6.36. The van der Waals surface area contributed by atoms with Crippen LogP contribution in [0.25, 0.3) is 0 Å². The van der Waals surface area contributed by atoms with Gasteiger partial charge in [0.2, 0.25) is 0 Å². The van der Waals surface area contributed by atoms with Gasteiger partial charge in [-0.3, -0.25) is 4.99 Å². The van der Waals surface area contributed by atoms with Crippen LogP contribution >= 0.6 is 24.0 Å². The third-order valence-corrected chi connectivity index (χ3v) is 4.53. The van der Waals surface area contributed by atoms with E-state index in [-0.39, 0.29) is 24.0 Å². The Bertz CT molecular complexity index is 333. The molecule has 2 aliphatic heterocycles. The fourth-order valence-corrected chi connectivity index (χ4v) is 3.11. The van der Waals surface area contributed by atoms with E-state index in [1.165, 1.54) is 32.4 Å². The average Bonchev–Trinajstić information content (AvgIpc) is 2.61. The molecule has 2 N–H and O–H groups in total. The summed E-state index contributed by atoms with van der Waals surface area (Å²) in [6, 6.07) is 0. The van der Waals surface area contributed by atoms with Crippen molar-refractivity contribution in [2.75, 3.05) is 59.6 Å². The van der Waals surface area contributed by atoms with Crippen LogP contribution in [-0.2, 0) is 9.47 Å². The molecule has 0 bridgehead atoms. The van der Waals surface area contributed by atoms with Gasteiger partial charge in [-0.15, -0.1) is 24.0 Å². The Morgan fingerprint density at radius 2 is 1.83 bits per heavy atom. The van der Waals surface area contributed by atoms with E-state index in [0.29, 0.717) is 6.10 Å².